The van der Waals surface area contributed by atoms with E-state index in [0.29, 0.717) is 13.1 Å². The number of aromatic nitrogens is 2. The SMILES string of the molecule is O=C(NCCCc1nc2ccccc2n1CC(=O)N1CCCCCC1)C1CCCCC1. The first kappa shape index (κ1) is 21.8. The highest BCUT2D eigenvalue weighted by atomic mass is 16.2. The van der Waals surface area contributed by atoms with Crippen LogP contribution in [0.15, 0.2) is 24.3 Å². The molecule has 2 aromatic rings. The second kappa shape index (κ2) is 10.8. The Morgan fingerprint density at radius 1 is 0.968 bits per heavy atom. The lowest BCUT2D eigenvalue weighted by Gasteiger charge is -2.21. The monoisotopic (exact) mass is 424 g/mol. The van der Waals surface area contributed by atoms with Gasteiger partial charge in [-0.25, -0.2) is 4.98 Å². The molecule has 6 heteroatoms. The number of hydrogen-bond acceptors (Lipinski definition) is 3. The van der Waals surface area contributed by atoms with Crippen LogP contribution in [-0.2, 0) is 22.6 Å². The van der Waals surface area contributed by atoms with Crippen LogP contribution in [-0.4, -0.2) is 45.9 Å². The fourth-order valence-corrected chi connectivity index (χ4v) is 5.02. The lowest BCUT2D eigenvalue weighted by atomic mass is 9.89. The van der Waals surface area contributed by atoms with Gasteiger partial charge >= 0.3 is 0 Å². The molecular weight excluding hydrogens is 388 g/mol. The number of imidazole rings is 1. The van der Waals surface area contributed by atoms with Gasteiger partial charge in [0.25, 0.3) is 0 Å². The minimum atomic E-state index is 0.192. The molecule has 2 amide bonds. The van der Waals surface area contributed by atoms with Crippen LogP contribution in [0.25, 0.3) is 11.0 Å². The molecule has 0 radical (unpaired) electrons. The lowest BCUT2D eigenvalue weighted by Crippen LogP contribution is -2.35. The largest absolute Gasteiger partial charge is 0.356 e. The smallest absolute Gasteiger partial charge is 0.242 e. The highest BCUT2D eigenvalue weighted by Gasteiger charge is 2.21. The molecule has 1 saturated heterocycles. The van der Waals surface area contributed by atoms with Crippen LogP contribution in [0, 0.1) is 5.92 Å². The maximum Gasteiger partial charge on any atom is 0.242 e. The molecule has 0 atom stereocenters. The third-order valence-corrected chi connectivity index (χ3v) is 6.84. The lowest BCUT2D eigenvalue weighted by molar-refractivity contribution is -0.131. The molecule has 0 spiro atoms. The highest BCUT2D eigenvalue weighted by molar-refractivity contribution is 5.81. The zero-order chi connectivity index (χ0) is 21.5. The summed E-state index contributed by atoms with van der Waals surface area (Å²) >= 11 is 0. The van der Waals surface area contributed by atoms with Crippen LogP contribution in [0.4, 0.5) is 0 Å². The Bertz CT molecular complexity index is 877. The Balaban J connectivity index is 1.37. The number of likely N-dealkylation sites (tertiary alicyclic amines) is 1. The molecule has 0 unspecified atom stereocenters. The molecule has 1 aromatic heterocycles. The standard InChI is InChI=1S/C25H36N4O2/c30-24(28-17-8-1-2-9-18-28)19-29-22-14-7-6-13-21(22)27-23(29)15-10-16-26-25(31)20-11-4-3-5-12-20/h6-7,13-14,20H,1-5,8-12,15-19H2,(H,26,31). The molecule has 31 heavy (non-hydrogen) atoms. The minimum absolute atomic E-state index is 0.192. The number of benzene rings is 1. The fourth-order valence-electron chi connectivity index (χ4n) is 5.02. The van der Waals surface area contributed by atoms with Gasteiger partial charge in [0.15, 0.2) is 0 Å². The third kappa shape index (κ3) is 5.66. The van der Waals surface area contributed by atoms with Crippen molar-refractivity contribution in [2.24, 2.45) is 5.92 Å². The topological polar surface area (TPSA) is 67.2 Å². The number of para-hydroxylation sites is 2. The molecule has 6 nitrogen and oxygen atoms in total. The first-order valence-corrected chi connectivity index (χ1v) is 12.2. The molecule has 2 aliphatic rings. The van der Waals surface area contributed by atoms with E-state index in [-0.39, 0.29) is 17.7 Å². The van der Waals surface area contributed by atoms with Gasteiger partial charge in [-0.15, -0.1) is 0 Å². The number of rotatable bonds is 7. The van der Waals surface area contributed by atoms with Crippen LogP contribution in [0.5, 0.6) is 0 Å². The summed E-state index contributed by atoms with van der Waals surface area (Å²) in [6.45, 7) is 2.75. The van der Waals surface area contributed by atoms with E-state index in [2.05, 4.69) is 9.88 Å². The van der Waals surface area contributed by atoms with Gasteiger partial charge in [0, 0.05) is 32.0 Å². The molecule has 2 heterocycles. The predicted molar refractivity (Wildman–Crippen MR) is 123 cm³/mol. The molecule has 1 N–H and O–H groups in total. The van der Waals surface area contributed by atoms with Crippen molar-refractivity contribution in [1.82, 2.24) is 19.8 Å². The van der Waals surface area contributed by atoms with Crippen LogP contribution >= 0.6 is 0 Å². The van der Waals surface area contributed by atoms with Crippen molar-refractivity contribution >= 4 is 22.8 Å². The van der Waals surface area contributed by atoms with Gasteiger partial charge < -0.3 is 14.8 Å². The van der Waals surface area contributed by atoms with Crippen molar-refractivity contribution in [2.45, 2.75) is 77.2 Å². The first-order valence-electron chi connectivity index (χ1n) is 12.2. The van der Waals surface area contributed by atoms with Crippen molar-refractivity contribution in [3.05, 3.63) is 30.1 Å². The van der Waals surface area contributed by atoms with Crippen molar-refractivity contribution in [2.75, 3.05) is 19.6 Å². The first-order chi connectivity index (χ1) is 15.2. The molecule has 1 aromatic carbocycles. The molecule has 1 aliphatic carbocycles. The van der Waals surface area contributed by atoms with Crippen molar-refractivity contribution < 1.29 is 9.59 Å². The number of hydrogen-bond donors (Lipinski definition) is 1. The van der Waals surface area contributed by atoms with E-state index in [1.807, 2.05) is 29.2 Å². The van der Waals surface area contributed by atoms with E-state index < -0.39 is 0 Å². The van der Waals surface area contributed by atoms with E-state index in [0.717, 1.165) is 68.5 Å². The number of aryl methyl sites for hydroxylation is 1. The molecular formula is C25H36N4O2. The Morgan fingerprint density at radius 3 is 2.45 bits per heavy atom. The number of nitrogens with one attached hydrogen (secondary N) is 1. The second-order valence-electron chi connectivity index (χ2n) is 9.13. The quantitative estimate of drug-likeness (QED) is 0.682. The molecule has 4 rings (SSSR count). The van der Waals surface area contributed by atoms with E-state index >= 15 is 0 Å². The van der Waals surface area contributed by atoms with Crippen molar-refractivity contribution in [1.29, 1.82) is 0 Å². The molecule has 1 aliphatic heterocycles. The molecule has 2 fully saturated rings. The number of fused-ring (bicyclic) bond motifs is 1. The fraction of sp³-hybridized carbons (Fsp3) is 0.640. The molecule has 1 saturated carbocycles. The van der Waals surface area contributed by atoms with Gasteiger partial charge in [0.05, 0.1) is 11.0 Å². The summed E-state index contributed by atoms with van der Waals surface area (Å²) in [5.41, 5.74) is 1.96. The normalized spacial score (nSPS) is 18.1. The van der Waals surface area contributed by atoms with Gasteiger partial charge in [0.1, 0.15) is 12.4 Å². The number of nitrogens with zero attached hydrogens (tertiary/aromatic N) is 3. The average Bonchev–Trinajstić information content (AvgIpc) is 2.96. The maximum absolute atomic E-state index is 13.0. The summed E-state index contributed by atoms with van der Waals surface area (Å²) in [7, 11) is 0. The summed E-state index contributed by atoms with van der Waals surface area (Å²) in [5, 5.41) is 3.12. The Kier molecular flexibility index (Phi) is 7.60. The van der Waals surface area contributed by atoms with Gasteiger partial charge in [-0.3, -0.25) is 9.59 Å². The van der Waals surface area contributed by atoms with Crippen LogP contribution in [0.1, 0.15) is 70.0 Å². The van der Waals surface area contributed by atoms with Gasteiger partial charge in [-0.2, -0.15) is 0 Å². The highest BCUT2D eigenvalue weighted by Crippen LogP contribution is 2.23. The maximum atomic E-state index is 13.0. The Morgan fingerprint density at radius 2 is 1.68 bits per heavy atom. The van der Waals surface area contributed by atoms with E-state index in [1.54, 1.807) is 0 Å². The summed E-state index contributed by atoms with van der Waals surface area (Å²) in [6, 6.07) is 8.05. The summed E-state index contributed by atoms with van der Waals surface area (Å²) in [4.78, 5) is 32.3. The number of carbonyl (C=O) groups excluding carboxylic acids is 2. The van der Waals surface area contributed by atoms with Gasteiger partial charge in [0.2, 0.25) is 11.8 Å². The zero-order valence-corrected chi connectivity index (χ0v) is 18.7. The Hall–Kier alpha value is -2.37. The Labute approximate surface area is 185 Å². The number of amides is 2. The van der Waals surface area contributed by atoms with E-state index in [4.69, 9.17) is 4.98 Å². The predicted octanol–water partition coefficient (Wildman–Crippen LogP) is 4.07. The van der Waals surface area contributed by atoms with Crippen molar-refractivity contribution in [3.63, 3.8) is 0 Å². The van der Waals surface area contributed by atoms with Crippen molar-refractivity contribution in [3.8, 4) is 0 Å². The zero-order valence-electron chi connectivity index (χ0n) is 18.7. The molecule has 0 bridgehead atoms. The second-order valence-corrected chi connectivity index (χ2v) is 9.13. The average molecular weight is 425 g/mol. The minimum Gasteiger partial charge on any atom is -0.356 e. The van der Waals surface area contributed by atoms with E-state index in [1.165, 1.54) is 32.1 Å². The van der Waals surface area contributed by atoms with Crippen LogP contribution in [0.3, 0.4) is 0 Å². The van der Waals surface area contributed by atoms with E-state index in [9.17, 15) is 9.59 Å². The van der Waals surface area contributed by atoms with Crippen LogP contribution < -0.4 is 5.32 Å². The van der Waals surface area contributed by atoms with Gasteiger partial charge in [-0.1, -0.05) is 44.2 Å². The summed E-state index contributed by atoms with van der Waals surface area (Å²) < 4.78 is 2.09. The van der Waals surface area contributed by atoms with Gasteiger partial charge in [-0.05, 0) is 44.2 Å². The summed E-state index contributed by atoms with van der Waals surface area (Å²) in [5.74, 6) is 1.54. The van der Waals surface area contributed by atoms with Crippen LogP contribution in [0.2, 0.25) is 0 Å². The summed E-state index contributed by atoms with van der Waals surface area (Å²) in [6.07, 6.45) is 11.9. The molecule has 168 valence electrons. The third-order valence-electron chi connectivity index (χ3n) is 6.84. The number of carbonyl (C=O) groups is 2.